The molecule has 0 N–H and O–H groups in total. The third kappa shape index (κ3) is 3.26. The first-order chi connectivity index (χ1) is 12.2. The quantitative estimate of drug-likeness (QED) is 0.365. The Hall–Kier alpha value is -4.78. The second-order valence-electron chi connectivity index (χ2n) is 3.75. The highest BCUT2D eigenvalue weighted by Gasteiger charge is 2.34. The van der Waals surface area contributed by atoms with Gasteiger partial charge in [-0.25, -0.2) is 0 Å². The number of hydroxylamine groups is 2. The molecule has 0 bridgehead atoms. The molecule has 0 aliphatic carbocycles. The number of nitro groups is 4. The van der Waals surface area contributed by atoms with E-state index in [0.29, 0.717) is 0 Å². The summed E-state index contributed by atoms with van der Waals surface area (Å²) in [6.45, 7) is 0. The van der Waals surface area contributed by atoms with Crippen LogP contribution < -0.4 is 0 Å². The summed E-state index contributed by atoms with van der Waals surface area (Å²) >= 11 is 0. The Kier molecular flexibility index (Phi) is 4.57. The number of hydrogen-bond donors (Lipinski definition) is 0. The number of nitrogens with zero attached hydrogens (tertiary/aromatic N) is 10. The summed E-state index contributed by atoms with van der Waals surface area (Å²) in [7, 11) is 0. The molecule has 0 saturated carbocycles. The topological polar surface area (TPSA) is 269 Å². The van der Waals surface area contributed by atoms with Crippen molar-refractivity contribution in [1.82, 2.24) is 0 Å². The maximum atomic E-state index is 10.7. The van der Waals surface area contributed by atoms with Crippen LogP contribution in [0.15, 0.2) is 43.6 Å². The lowest BCUT2D eigenvalue weighted by atomic mass is 10.4. The lowest BCUT2D eigenvalue weighted by molar-refractivity contribution is -0.616. The van der Waals surface area contributed by atoms with Gasteiger partial charge in [0.15, 0.2) is 0 Å². The summed E-state index contributed by atoms with van der Waals surface area (Å²) in [4.78, 5) is 45.2. The monoisotopic (exact) mass is 372 g/mol. The van der Waals surface area contributed by atoms with Crippen molar-refractivity contribution in [2.75, 3.05) is 0 Å². The van der Waals surface area contributed by atoms with Crippen LogP contribution in [-0.4, -0.2) is 31.4 Å². The summed E-state index contributed by atoms with van der Waals surface area (Å²) in [6, 6.07) is 0. The fraction of sp³-hybridized carbons (Fsp3) is 0. The van der Waals surface area contributed by atoms with E-state index in [2.05, 4.69) is 41.4 Å². The zero-order valence-corrected chi connectivity index (χ0v) is 11.6. The van der Waals surface area contributed by atoms with Crippen molar-refractivity contribution >= 4 is 11.7 Å². The molecule has 0 atom stereocenters. The minimum atomic E-state index is -1.65. The molecular formula is C6N10O10-2. The molecule has 0 saturated heterocycles. The molecule has 0 aromatic heterocycles. The van der Waals surface area contributed by atoms with Gasteiger partial charge in [-0.05, 0) is 0 Å². The molecule has 0 unspecified atom stereocenters. The average molecular weight is 372 g/mol. The molecular weight excluding hydrogens is 372 g/mol. The third-order valence-electron chi connectivity index (χ3n) is 2.30. The van der Waals surface area contributed by atoms with Crippen molar-refractivity contribution in [1.29, 1.82) is 0 Å². The second-order valence-corrected chi connectivity index (χ2v) is 3.75. The number of oxime groups is 2. The predicted octanol–water partition coefficient (Wildman–Crippen LogP) is 0.148. The average Bonchev–Trinajstić information content (AvgIpc) is 3.13. The Morgan fingerprint density at radius 1 is 0.731 bits per heavy atom. The van der Waals surface area contributed by atoms with E-state index in [4.69, 9.17) is 0 Å². The molecule has 0 radical (unpaired) electrons. The predicted molar refractivity (Wildman–Crippen MR) is 70.6 cm³/mol. The van der Waals surface area contributed by atoms with Crippen molar-refractivity contribution in [3.63, 3.8) is 0 Å². The summed E-state index contributed by atoms with van der Waals surface area (Å²) in [6.07, 6.45) is 0. The van der Waals surface area contributed by atoms with Gasteiger partial charge in [0.1, 0.15) is 31.1 Å². The maximum Gasteiger partial charge on any atom is 0.550 e. The highest BCUT2D eigenvalue weighted by molar-refractivity contribution is 6.05. The Bertz CT molecular complexity index is 764. The summed E-state index contributed by atoms with van der Waals surface area (Å²) < 4.78 is 0. The molecule has 2 aliphatic heterocycles. The van der Waals surface area contributed by atoms with Crippen LogP contribution in [0.1, 0.15) is 0 Å². The van der Waals surface area contributed by atoms with Gasteiger partial charge in [0.05, 0.1) is 0 Å². The van der Waals surface area contributed by atoms with Crippen LogP contribution in [-0.2, 0) is 9.88 Å². The summed E-state index contributed by atoms with van der Waals surface area (Å²) in [5.41, 5.74) is 3.80. The largest absolute Gasteiger partial charge is 0.550 e. The van der Waals surface area contributed by atoms with Gasteiger partial charge in [0.25, 0.3) is 0 Å². The first kappa shape index (κ1) is 17.6. The molecule has 136 valence electrons. The Balaban J connectivity index is 2.40. The van der Waals surface area contributed by atoms with E-state index < -0.39 is 54.4 Å². The van der Waals surface area contributed by atoms with E-state index >= 15 is 0 Å². The van der Waals surface area contributed by atoms with Gasteiger partial charge >= 0.3 is 11.6 Å². The van der Waals surface area contributed by atoms with Gasteiger partial charge in [-0.15, -0.1) is 10.2 Å². The van der Waals surface area contributed by atoms with Crippen molar-refractivity contribution in [2.45, 2.75) is 0 Å². The van der Waals surface area contributed by atoms with Crippen LogP contribution in [0.3, 0.4) is 0 Å². The normalized spacial score (nSPS) is 15.2. The van der Waals surface area contributed by atoms with Crippen LogP contribution in [0.2, 0.25) is 0 Å². The van der Waals surface area contributed by atoms with E-state index in [-0.39, 0.29) is 0 Å². The van der Waals surface area contributed by atoms with Gasteiger partial charge in [0, 0.05) is 0 Å². The molecule has 26 heavy (non-hydrogen) atoms. The molecule has 0 spiro atoms. The molecule has 0 fully saturated rings. The summed E-state index contributed by atoms with van der Waals surface area (Å²) in [5.74, 6) is -5.07. The van der Waals surface area contributed by atoms with Gasteiger partial charge in [0.2, 0.25) is 11.7 Å². The highest BCUT2D eigenvalue weighted by Crippen LogP contribution is 2.26. The zero-order valence-electron chi connectivity index (χ0n) is 11.6. The molecule has 2 aliphatic rings. The van der Waals surface area contributed by atoms with E-state index in [9.17, 15) is 40.5 Å². The molecule has 0 aromatic carbocycles. The maximum absolute atomic E-state index is 10.7. The van der Waals surface area contributed by atoms with Crippen molar-refractivity contribution < 1.29 is 29.6 Å². The number of amidine groups is 2. The van der Waals surface area contributed by atoms with E-state index in [1.54, 1.807) is 0 Å². The van der Waals surface area contributed by atoms with E-state index in [1.165, 1.54) is 0 Å². The Morgan fingerprint density at radius 3 is 1.31 bits per heavy atom. The lowest BCUT2D eigenvalue weighted by Crippen LogP contribution is -2.15. The minimum absolute atomic E-state index is 0.883. The fourth-order valence-corrected chi connectivity index (χ4v) is 1.35. The smallest absolute Gasteiger partial charge is 0.465 e. The molecule has 2 heterocycles. The van der Waals surface area contributed by atoms with Crippen LogP contribution in [0, 0.1) is 40.5 Å². The van der Waals surface area contributed by atoms with Crippen molar-refractivity contribution in [2.24, 2.45) is 20.5 Å². The van der Waals surface area contributed by atoms with Gasteiger partial charge < -0.3 is 20.8 Å². The van der Waals surface area contributed by atoms with Gasteiger partial charge in [-0.1, -0.05) is 10.3 Å². The third-order valence-corrected chi connectivity index (χ3v) is 2.30. The van der Waals surface area contributed by atoms with Crippen LogP contribution in [0.4, 0.5) is 0 Å². The first-order valence-electron chi connectivity index (χ1n) is 5.63. The lowest BCUT2D eigenvalue weighted by Gasteiger charge is -2.06. The van der Waals surface area contributed by atoms with Crippen LogP contribution in [0.25, 0.3) is 11.0 Å². The number of hydrogen-bond acceptors (Lipinski definition) is 14. The SMILES string of the molecule is O=[N+]([O-])C(=C1[N-]ON=C1N=NC1=NO[N-]C1=C([N+](=O)[O-])[N+](=O)[O-])[N+](=O)[O-]. The molecule has 0 aromatic rings. The van der Waals surface area contributed by atoms with E-state index in [1.807, 2.05) is 0 Å². The molecule has 20 heteroatoms. The van der Waals surface area contributed by atoms with Crippen molar-refractivity contribution in [3.05, 3.63) is 74.5 Å². The molecule has 2 rings (SSSR count). The fourth-order valence-electron chi connectivity index (χ4n) is 1.35. The van der Waals surface area contributed by atoms with Crippen LogP contribution in [0.5, 0.6) is 0 Å². The van der Waals surface area contributed by atoms with Gasteiger partial charge in [-0.3, -0.25) is 40.5 Å². The second kappa shape index (κ2) is 6.77. The molecule has 20 nitrogen and oxygen atoms in total. The van der Waals surface area contributed by atoms with Gasteiger partial charge in [-0.2, -0.15) is 0 Å². The Morgan fingerprint density at radius 2 is 1.04 bits per heavy atom. The zero-order chi connectivity index (χ0) is 19.4. The Labute approximate surface area is 137 Å². The number of rotatable bonds is 4. The standard InChI is InChI=1S/C6N10O10/c17-13(18)5(14(19)20)1-3(11-25-9-1)7-8-4-2(10-26-12-4)6(15(21)22)16(23)24/q-2. The highest BCUT2D eigenvalue weighted by atomic mass is 16.8. The summed E-state index contributed by atoms with van der Waals surface area (Å²) in [5, 5.41) is 55.0. The molecule has 0 amide bonds. The number of azo groups is 1. The van der Waals surface area contributed by atoms with Crippen molar-refractivity contribution in [3.8, 4) is 0 Å². The first-order valence-corrected chi connectivity index (χ1v) is 5.63. The van der Waals surface area contributed by atoms with E-state index in [0.717, 1.165) is 0 Å². The minimum Gasteiger partial charge on any atom is -0.465 e. The van der Waals surface area contributed by atoms with Crippen LogP contribution >= 0.6 is 0 Å².